The molecule has 0 amide bonds. The second-order valence-corrected chi connectivity index (χ2v) is 4.12. The van der Waals surface area contributed by atoms with Gasteiger partial charge in [-0.05, 0) is 12.0 Å². The summed E-state index contributed by atoms with van der Waals surface area (Å²) in [5.74, 6) is 0. The molecule has 2 heteroatoms. The van der Waals surface area contributed by atoms with Crippen molar-refractivity contribution >= 4 is 0 Å². The zero-order valence-electron chi connectivity index (χ0n) is 7.70. The van der Waals surface area contributed by atoms with Crippen LogP contribution in [0.2, 0.25) is 0 Å². The van der Waals surface area contributed by atoms with Crippen molar-refractivity contribution in [3.63, 3.8) is 0 Å². The van der Waals surface area contributed by atoms with Crippen molar-refractivity contribution in [1.29, 1.82) is 0 Å². The zero-order valence-corrected chi connectivity index (χ0v) is 7.70. The molecule has 1 saturated carbocycles. The maximum absolute atomic E-state index is 10.2. The first-order valence-corrected chi connectivity index (χ1v) is 4.51. The third-order valence-electron chi connectivity index (χ3n) is 3.12. The van der Waals surface area contributed by atoms with Crippen LogP contribution in [0.1, 0.15) is 18.9 Å². The number of benzene rings is 1. The monoisotopic (exact) mass is 178 g/mol. The number of aliphatic hydroxyl groups excluding tert-OH is 1. The van der Waals surface area contributed by atoms with E-state index in [4.69, 9.17) is 5.11 Å². The Morgan fingerprint density at radius 3 is 2.38 bits per heavy atom. The maximum atomic E-state index is 10.2. The van der Waals surface area contributed by atoms with Crippen LogP contribution in [0.25, 0.3) is 0 Å². The van der Waals surface area contributed by atoms with E-state index in [1.54, 1.807) is 0 Å². The van der Waals surface area contributed by atoms with Crippen molar-refractivity contribution in [1.82, 2.24) is 0 Å². The van der Waals surface area contributed by atoms with Gasteiger partial charge in [0.2, 0.25) is 0 Å². The van der Waals surface area contributed by atoms with Crippen molar-refractivity contribution in [3.05, 3.63) is 35.9 Å². The molecule has 0 spiro atoms. The molecule has 2 rings (SSSR count). The minimum absolute atomic E-state index is 0.0401. The highest BCUT2D eigenvalue weighted by Crippen LogP contribution is 2.62. The molecule has 1 fully saturated rings. The number of aliphatic hydroxyl groups is 2. The van der Waals surface area contributed by atoms with E-state index in [1.807, 2.05) is 37.3 Å². The van der Waals surface area contributed by atoms with Crippen LogP contribution in [0.15, 0.2) is 30.3 Å². The molecule has 1 aromatic rings. The van der Waals surface area contributed by atoms with Crippen molar-refractivity contribution in [3.8, 4) is 0 Å². The topological polar surface area (TPSA) is 40.5 Å². The fourth-order valence-electron chi connectivity index (χ4n) is 1.87. The summed E-state index contributed by atoms with van der Waals surface area (Å²) in [6, 6.07) is 9.54. The number of rotatable bonds is 2. The van der Waals surface area contributed by atoms with Gasteiger partial charge in [0, 0.05) is 5.41 Å². The second kappa shape index (κ2) is 2.56. The van der Waals surface area contributed by atoms with Crippen molar-refractivity contribution in [2.45, 2.75) is 18.9 Å². The van der Waals surface area contributed by atoms with E-state index in [-0.39, 0.29) is 12.0 Å². The summed E-state index contributed by atoms with van der Waals surface area (Å²) in [6.45, 7) is 1.94. The summed E-state index contributed by atoms with van der Waals surface area (Å²) in [5.41, 5.74) is -0.233. The van der Waals surface area contributed by atoms with Crippen LogP contribution in [0.4, 0.5) is 0 Å². The van der Waals surface area contributed by atoms with Gasteiger partial charge in [0.1, 0.15) is 0 Å². The average molecular weight is 178 g/mol. The maximum Gasteiger partial charge on any atom is 0.0980 e. The highest BCUT2D eigenvalue weighted by molar-refractivity contribution is 5.33. The van der Waals surface area contributed by atoms with Crippen LogP contribution in [-0.2, 0) is 5.60 Å². The molecule has 0 radical (unpaired) electrons. The molecule has 1 aliphatic carbocycles. The summed E-state index contributed by atoms with van der Waals surface area (Å²) < 4.78 is 0. The van der Waals surface area contributed by atoms with E-state index in [1.165, 1.54) is 0 Å². The van der Waals surface area contributed by atoms with Gasteiger partial charge in [-0.3, -0.25) is 0 Å². The summed E-state index contributed by atoms with van der Waals surface area (Å²) in [6.07, 6.45) is 0.653. The van der Waals surface area contributed by atoms with Crippen LogP contribution in [-0.4, -0.2) is 16.8 Å². The van der Waals surface area contributed by atoms with Crippen LogP contribution in [0.3, 0.4) is 0 Å². The lowest BCUT2D eigenvalue weighted by molar-refractivity contribution is 0.0718. The van der Waals surface area contributed by atoms with Crippen molar-refractivity contribution < 1.29 is 10.2 Å². The Balaban J connectivity index is 2.30. The van der Waals surface area contributed by atoms with Gasteiger partial charge in [-0.2, -0.15) is 0 Å². The van der Waals surface area contributed by atoms with Gasteiger partial charge < -0.3 is 10.2 Å². The minimum atomic E-state index is -0.803. The van der Waals surface area contributed by atoms with Gasteiger partial charge in [0.25, 0.3) is 0 Å². The summed E-state index contributed by atoms with van der Waals surface area (Å²) >= 11 is 0. The SMILES string of the molecule is C[C@]1(CO)C[C@@]1(O)c1ccccc1. The standard InChI is InChI=1S/C11H14O2/c1-10(8-12)7-11(10,13)9-5-3-2-4-6-9/h2-6,12-13H,7-8H2,1H3/t10-,11-/m1/s1. The molecule has 0 unspecified atom stereocenters. The largest absolute Gasteiger partial charge is 0.396 e. The molecule has 13 heavy (non-hydrogen) atoms. The van der Waals surface area contributed by atoms with E-state index in [2.05, 4.69) is 0 Å². The van der Waals surface area contributed by atoms with E-state index in [9.17, 15) is 5.11 Å². The molecule has 1 aromatic carbocycles. The van der Waals surface area contributed by atoms with Crippen LogP contribution in [0, 0.1) is 5.41 Å². The van der Waals surface area contributed by atoms with Gasteiger partial charge in [-0.25, -0.2) is 0 Å². The summed E-state index contributed by atoms with van der Waals surface area (Å²) in [4.78, 5) is 0. The average Bonchev–Trinajstić information content (AvgIpc) is 2.74. The number of hydrogen-bond acceptors (Lipinski definition) is 2. The first kappa shape index (κ1) is 8.73. The lowest BCUT2D eigenvalue weighted by Gasteiger charge is -2.15. The van der Waals surface area contributed by atoms with Gasteiger partial charge in [0.15, 0.2) is 0 Å². The van der Waals surface area contributed by atoms with Gasteiger partial charge >= 0.3 is 0 Å². The Hall–Kier alpha value is -0.860. The zero-order chi connectivity index (χ0) is 9.53. The highest BCUT2D eigenvalue weighted by Gasteiger charge is 2.64. The molecule has 70 valence electrons. The highest BCUT2D eigenvalue weighted by atomic mass is 16.3. The van der Waals surface area contributed by atoms with Crippen LogP contribution in [0.5, 0.6) is 0 Å². The van der Waals surface area contributed by atoms with Crippen molar-refractivity contribution in [2.75, 3.05) is 6.61 Å². The molecular weight excluding hydrogens is 164 g/mol. The second-order valence-electron chi connectivity index (χ2n) is 4.12. The molecule has 2 nitrogen and oxygen atoms in total. The predicted octanol–water partition coefficient (Wildman–Crippen LogP) is 1.28. The third-order valence-corrected chi connectivity index (χ3v) is 3.12. The molecule has 1 aliphatic rings. The van der Waals surface area contributed by atoms with Crippen molar-refractivity contribution in [2.24, 2.45) is 5.41 Å². The quantitative estimate of drug-likeness (QED) is 0.716. The first-order valence-electron chi connectivity index (χ1n) is 4.51. The lowest BCUT2D eigenvalue weighted by Crippen LogP contribution is -2.18. The molecular formula is C11H14O2. The first-order chi connectivity index (χ1) is 6.12. The fraction of sp³-hybridized carbons (Fsp3) is 0.455. The molecule has 0 bridgehead atoms. The summed E-state index contributed by atoms with van der Waals surface area (Å²) in [5, 5.41) is 19.3. The van der Waals surface area contributed by atoms with E-state index in [0.29, 0.717) is 6.42 Å². The van der Waals surface area contributed by atoms with Crippen LogP contribution < -0.4 is 0 Å². The Bertz CT molecular complexity index is 309. The number of hydrogen-bond donors (Lipinski definition) is 2. The molecule has 0 heterocycles. The molecule has 0 aliphatic heterocycles. The Morgan fingerprint density at radius 1 is 1.31 bits per heavy atom. The molecule has 0 aromatic heterocycles. The molecule has 2 atom stereocenters. The Kier molecular flexibility index (Phi) is 1.72. The Morgan fingerprint density at radius 2 is 1.92 bits per heavy atom. The van der Waals surface area contributed by atoms with Crippen LogP contribution >= 0.6 is 0 Å². The van der Waals surface area contributed by atoms with Gasteiger partial charge in [-0.1, -0.05) is 37.3 Å². The lowest BCUT2D eigenvalue weighted by atomic mass is 9.98. The van der Waals surface area contributed by atoms with E-state index >= 15 is 0 Å². The van der Waals surface area contributed by atoms with E-state index in [0.717, 1.165) is 5.56 Å². The summed E-state index contributed by atoms with van der Waals surface area (Å²) in [7, 11) is 0. The third kappa shape index (κ3) is 1.10. The predicted molar refractivity (Wildman–Crippen MR) is 50.1 cm³/mol. The minimum Gasteiger partial charge on any atom is -0.396 e. The fourth-order valence-corrected chi connectivity index (χ4v) is 1.87. The normalized spacial score (nSPS) is 37.5. The van der Waals surface area contributed by atoms with E-state index < -0.39 is 5.60 Å². The van der Waals surface area contributed by atoms with Gasteiger partial charge in [0.05, 0.1) is 12.2 Å². The Labute approximate surface area is 77.8 Å². The molecule has 0 saturated heterocycles. The molecule has 2 N–H and O–H groups in total. The smallest absolute Gasteiger partial charge is 0.0980 e. The van der Waals surface area contributed by atoms with Gasteiger partial charge in [-0.15, -0.1) is 0 Å².